The molecule has 2 fully saturated rings. The zero-order valence-corrected chi connectivity index (χ0v) is 18.4. The van der Waals surface area contributed by atoms with E-state index in [2.05, 4.69) is 11.4 Å². The summed E-state index contributed by atoms with van der Waals surface area (Å²) in [5.74, 6) is 1.29. The standard InChI is InChI=1S/C25H30N2O4/c1-17-12-18(2)14-19(13-17)26-24(29)20-15-25(20)8-10-27(11-9-25)23(28)16-31-22-7-5-4-6-21(22)30-3/h4-7,12-14,20H,8-11,15-16H2,1-3H3,(H,26,29)/t20-/m1/s1. The Morgan fingerprint density at radius 2 is 1.71 bits per heavy atom. The van der Waals surface area contributed by atoms with E-state index in [1.165, 1.54) is 0 Å². The lowest BCUT2D eigenvalue weighted by Crippen LogP contribution is -2.42. The molecule has 1 aliphatic heterocycles. The van der Waals surface area contributed by atoms with Crippen LogP contribution in [0, 0.1) is 25.2 Å². The Morgan fingerprint density at radius 1 is 1.06 bits per heavy atom. The molecule has 0 unspecified atom stereocenters. The van der Waals surface area contributed by atoms with E-state index in [0.29, 0.717) is 24.6 Å². The number of aryl methyl sites for hydroxylation is 2. The van der Waals surface area contributed by atoms with Gasteiger partial charge in [0.2, 0.25) is 5.91 Å². The minimum Gasteiger partial charge on any atom is -0.493 e. The fourth-order valence-electron chi connectivity index (χ4n) is 4.72. The summed E-state index contributed by atoms with van der Waals surface area (Å²) in [7, 11) is 1.58. The van der Waals surface area contributed by atoms with Crippen LogP contribution >= 0.6 is 0 Å². The normalized spacial score (nSPS) is 19.1. The third-order valence-corrected chi connectivity index (χ3v) is 6.53. The minimum absolute atomic E-state index is 0.00992. The fraction of sp³-hybridized carbons (Fsp3) is 0.440. The highest BCUT2D eigenvalue weighted by Gasteiger charge is 2.58. The number of benzene rings is 2. The van der Waals surface area contributed by atoms with E-state index in [4.69, 9.17) is 9.47 Å². The molecule has 2 aromatic rings. The van der Waals surface area contributed by atoms with Gasteiger partial charge in [0.05, 0.1) is 7.11 Å². The van der Waals surface area contributed by atoms with Gasteiger partial charge in [0.25, 0.3) is 5.91 Å². The van der Waals surface area contributed by atoms with Crippen molar-refractivity contribution in [3.05, 3.63) is 53.6 Å². The molecule has 1 atom stereocenters. The minimum atomic E-state index is -0.0300. The highest BCUT2D eigenvalue weighted by Crippen LogP contribution is 2.59. The van der Waals surface area contributed by atoms with Gasteiger partial charge in [-0.1, -0.05) is 18.2 Å². The number of para-hydroxylation sites is 2. The number of nitrogens with one attached hydrogen (secondary N) is 1. The van der Waals surface area contributed by atoms with Crippen molar-refractivity contribution in [3.8, 4) is 11.5 Å². The van der Waals surface area contributed by atoms with Crippen molar-refractivity contribution in [1.82, 2.24) is 4.90 Å². The second-order valence-corrected chi connectivity index (χ2v) is 8.81. The van der Waals surface area contributed by atoms with Crippen LogP contribution in [-0.4, -0.2) is 43.5 Å². The maximum absolute atomic E-state index is 12.8. The molecule has 1 N–H and O–H groups in total. The van der Waals surface area contributed by atoms with E-state index in [-0.39, 0.29) is 29.8 Å². The van der Waals surface area contributed by atoms with Crippen LogP contribution in [0.4, 0.5) is 5.69 Å². The number of likely N-dealkylation sites (tertiary alicyclic amines) is 1. The summed E-state index contributed by atoms with van der Waals surface area (Å²) >= 11 is 0. The molecule has 1 saturated heterocycles. The van der Waals surface area contributed by atoms with E-state index < -0.39 is 0 Å². The summed E-state index contributed by atoms with van der Waals surface area (Å²) in [6, 6.07) is 13.4. The number of ether oxygens (including phenoxy) is 2. The summed E-state index contributed by atoms with van der Waals surface area (Å²) < 4.78 is 10.9. The second-order valence-electron chi connectivity index (χ2n) is 8.81. The number of hydrogen-bond donors (Lipinski definition) is 1. The number of rotatable bonds is 6. The average molecular weight is 423 g/mol. The Labute approximate surface area is 183 Å². The molecule has 1 heterocycles. The van der Waals surface area contributed by atoms with Crippen molar-refractivity contribution < 1.29 is 19.1 Å². The van der Waals surface area contributed by atoms with E-state index in [9.17, 15) is 9.59 Å². The van der Waals surface area contributed by atoms with Gasteiger partial charge in [0.1, 0.15) is 0 Å². The zero-order valence-electron chi connectivity index (χ0n) is 18.4. The van der Waals surface area contributed by atoms with Gasteiger partial charge in [-0.2, -0.15) is 0 Å². The van der Waals surface area contributed by atoms with Crippen LogP contribution in [0.2, 0.25) is 0 Å². The first kappa shape index (κ1) is 21.2. The average Bonchev–Trinajstić information content (AvgIpc) is 3.45. The van der Waals surface area contributed by atoms with Gasteiger partial charge in [-0.15, -0.1) is 0 Å². The van der Waals surface area contributed by atoms with Gasteiger partial charge >= 0.3 is 0 Å². The summed E-state index contributed by atoms with van der Waals surface area (Å²) in [4.78, 5) is 27.2. The smallest absolute Gasteiger partial charge is 0.260 e. The highest BCUT2D eigenvalue weighted by atomic mass is 16.5. The highest BCUT2D eigenvalue weighted by molar-refractivity contribution is 5.95. The summed E-state index contributed by atoms with van der Waals surface area (Å²) in [6.45, 7) is 5.39. The third-order valence-electron chi connectivity index (χ3n) is 6.53. The lowest BCUT2D eigenvalue weighted by molar-refractivity contribution is -0.135. The van der Waals surface area contributed by atoms with Crippen molar-refractivity contribution in [3.63, 3.8) is 0 Å². The molecule has 6 heteroatoms. The van der Waals surface area contributed by atoms with Crippen LogP contribution < -0.4 is 14.8 Å². The van der Waals surface area contributed by atoms with Crippen molar-refractivity contribution in [1.29, 1.82) is 0 Å². The molecule has 0 radical (unpaired) electrons. The summed E-state index contributed by atoms with van der Waals surface area (Å²) in [5, 5.41) is 3.09. The van der Waals surface area contributed by atoms with Gasteiger partial charge in [-0.25, -0.2) is 0 Å². The van der Waals surface area contributed by atoms with E-state index in [1.54, 1.807) is 19.2 Å². The molecule has 164 valence electrons. The van der Waals surface area contributed by atoms with Crippen molar-refractivity contribution >= 4 is 17.5 Å². The summed E-state index contributed by atoms with van der Waals surface area (Å²) in [5.41, 5.74) is 3.19. The number of amides is 2. The molecule has 0 aromatic heterocycles. The first-order valence-corrected chi connectivity index (χ1v) is 10.8. The van der Waals surface area contributed by atoms with Crippen molar-refractivity contribution in [2.75, 3.05) is 32.1 Å². The molecule has 6 nitrogen and oxygen atoms in total. The van der Waals surface area contributed by atoms with E-state index in [0.717, 1.165) is 36.1 Å². The molecule has 1 aliphatic carbocycles. The Kier molecular flexibility index (Phi) is 5.90. The Morgan fingerprint density at radius 3 is 2.35 bits per heavy atom. The molecule has 1 spiro atoms. The lowest BCUT2D eigenvalue weighted by atomic mass is 9.90. The molecular weight excluding hydrogens is 392 g/mol. The maximum atomic E-state index is 12.8. The molecule has 2 aromatic carbocycles. The Balaban J connectivity index is 1.27. The first-order chi connectivity index (χ1) is 14.9. The van der Waals surface area contributed by atoms with Crippen LogP contribution in [0.1, 0.15) is 30.4 Å². The van der Waals surface area contributed by atoms with E-state index in [1.807, 2.05) is 43.0 Å². The van der Waals surface area contributed by atoms with Crippen molar-refractivity contribution in [2.45, 2.75) is 33.1 Å². The predicted octanol–water partition coefficient (Wildman–Crippen LogP) is 3.96. The predicted molar refractivity (Wildman–Crippen MR) is 119 cm³/mol. The SMILES string of the molecule is COc1ccccc1OCC(=O)N1CCC2(CC1)C[C@@H]2C(=O)Nc1cc(C)cc(C)c1. The zero-order chi connectivity index (χ0) is 22.0. The largest absolute Gasteiger partial charge is 0.493 e. The number of anilines is 1. The molecule has 1 saturated carbocycles. The second kappa shape index (κ2) is 8.61. The van der Waals surface area contributed by atoms with Gasteiger partial charge in [-0.05, 0) is 73.9 Å². The fourth-order valence-corrected chi connectivity index (χ4v) is 4.72. The number of carbonyl (C=O) groups is 2. The first-order valence-electron chi connectivity index (χ1n) is 10.8. The maximum Gasteiger partial charge on any atom is 0.260 e. The number of piperidine rings is 1. The molecule has 2 amide bonds. The van der Waals surface area contributed by atoms with Crippen LogP contribution in [0.3, 0.4) is 0 Å². The topological polar surface area (TPSA) is 67.9 Å². The Hall–Kier alpha value is -3.02. The van der Waals surface area contributed by atoms with Gasteiger partial charge in [0.15, 0.2) is 18.1 Å². The number of methoxy groups -OCH3 is 1. The van der Waals surface area contributed by atoms with E-state index >= 15 is 0 Å². The van der Waals surface area contributed by atoms with Crippen LogP contribution in [0.5, 0.6) is 11.5 Å². The molecule has 0 bridgehead atoms. The molecule has 31 heavy (non-hydrogen) atoms. The van der Waals surface area contributed by atoms with Gasteiger partial charge in [0, 0.05) is 24.7 Å². The van der Waals surface area contributed by atoms with Crippen molar-refractivity contribution in [2.24, 2.45) is 11.3 Å². The van der Waals surface area contributed by atoms with Gasteiger partial charge in [-0.3, -0.25) is 9.59 Å². The third kappa shape index (κ3) is 4.68. The summed E-state index contributed by atoms with van der Waals surface area (Å²) in [6.07, 6.45) is 2.63. The quantitative estimate of drug-likeness (QED) is 0.765. The number of nitrogens with zero attached hydrogens (tertiary/aromatic N) is 1. The van der Waals surface area contributed by atoms with Crippen LogP contribution in [0.15, 0.2) is 42.5 Å². The molecular formula is C25H30N2O4. The lowest BCUT2D eigenvalue weighted by Gasteiger charge is -2.32. The Bertz CT molecular complexity index is 959. The molecule has 4 rings (SSSR count). The van der Waals surface area contributed by atoms with Crippen LogP contribution in [0.25, 0.3) is 0 Å². The molecule has 2 aliphatic rings. The van der Waals surface area contributed by atoms with Gasteiger partial charge < -0.3 is 19.7 Å². The monoisotopic (exact) mass is 422 g/mol. The number of hydrogen-bond acceptors (Lipinski definition) is 4. The number of carbonyl (C=O) groups excluding carboxylic acids is 2. The van der Waals surface area contributed by atoms with Crippen LogP contribution in [-0.2, 0) is 9.59 Å².